The van der Waals surface area contributed by atoms with Gasteiger partial charge < -0.3 is 10.5 Å². The Labute approximate surface area is 132 Å². The smallest absolute Gasteiger partial charge is 0.261 e. The summed E-state index contributed by atoms with van der Waals surface area (Å²) in [5.74, 6) is -1.37. The van der Waals surface area contributed by atoms with E-state index in [0.717, 1.165) is 10.5 Å². The van der Waals surface area contributed by atoms with Crippen LogP contribution in [0.15, 0.2) is 24.3 Å². The van der Waals surface area contributed by atoms with Gasteiger partial charge in [0.15, 0.2) is 6.10 Å². The molecule has 0 bridgehead atoms. The van der Waals surface area contributed by atoms with Crippen LogP contribution in [0.3, 0.4) is 0 Å². The third-order valence-corrected chi connectivity index (χ3v) is 4.18. The van der Waals surface area contributed by atoms with E-state index in [4.69, 9.17) is 15.3 Å². The van der Waals surface area contributed by atoms with Gasteiger partial charge in [-0.25, -0.2) is 0 Å². The van der Waals surface area contributed by atoms with Gasteiger partial charge in [0.1, 0.15) is 12.3 Å². The Hall–Kier alpha value is -2.45. The molecule has 2 saturated heterocycles. The van der Waals surface area contributed by atoms with E-state index >= 15 is 0 Å². The number of rotatable bonds is 4. The molecule has 3 amide bonds. The van der Waals surface area contributed by atoms with Gasteiger partial charge in [0, 0.05) is 7.05 Å². The second kappa shape index (κ2) is 5.64. The van der Waals surface area contributed by atoms with Gasteiger partial charge >= 0.3 is 0 Å². The maximum absolute atomic E-state index is 12.4. The molecule has 8 heteroatoms. The number of likely N-dealkylation sites (N-methyl/N-ethyl adjacent to an activating group) is 1. The summed E-state index contributed by atoms with van der Waals surface area (Å²) < 4.78 is 5.12. The predicted molar refractivity (Wildman–Crippen MR) is 77.8 cm³/mol. The Kier molecular flexibility index (Phi) is 3.78. The SMILES string of the molecule is COc1ccc(C2C3C(=O)N(C)C(=O)C3ON2CC(N)=O)cc1. The molecule has 0 spiro atoms. The molecule has 2 heterocycles. The Bertz CT molecular complexity index is 660. The molecule has 1 aromatic carbocycles. The fourth-order valence-electron chi connectivity index (χ4n) is 3.07. The number of imide groups is 1. The average molecular weight is 319 g/mol. The quantitative estimate of drug-likeness (QED) is 0.747. The molecule has 3 unspecified atom stereocenters. The molecule has 23 heavy (non-hydrogen) atoms. The topological polar surface area (TPSA) is 102 Å². The van der Waals surface area contributed by atoms with Gasteiger partial charge in [-0.15, -0.1) is 0 Å². The molecule has 0 saturated carbocycles. The summed E-state index contributed by atoms with van der Waals surface area (Å²) >= 11 is 0. The van der Waals surface area contributed by atoms with Gasteiger partial charge in [-0.1, -0.05) is 12.1 Å². The minimum atomic E-state index is -0.918. The highest BCUT2D eigenvalue weighted by molar-refractivity contribution is 6.07. The van der Waals surface area contributed by atoms with Crippen molar-refractivity contribution in [1.82, 2.24) is 9.96 Å². The minimum Gasteiger partial charge on any atom is -0.497 e. The number of nitrogens with zero attached hydrogens (tertiary/aromatic N) is 2. The molecule has 0 aliphatic carbocycles. The largest absolute Gasteiger partial charge is 0.497 e. The number of fused-ring (bicyclic) bond motifs is 1. The molecule has 2 fully saturated rings. The summed E-state index contributed by atoms with van der Waals surface area (Å²) in [7, 11) is 2.98. The molecule has 0 aromatic heterocycles. The van der Waals surface area contributed by atoms with Crippen molar-refractivity contribution in [2.75, 3.05) is 20.7 Å². The molecule has 122 valence electrons. The number of ether oxygens (including phenoxy) is 1. The zero-order valence-electron chi connectivity index (χ0n) is 12.8. The van der Waals surface area contributed by atoms with Crippen molar-refractivity contribution in [3.63, 3.8) is 0 Å². The molecule has 1 aromatic rings. The summed E-state index contributed by atoms with van der Waals surface area (Å²) in [6, 6.07) is 6.49. The highest BCUT2D eigenvalue weighted by Gasteiger charge is 2.58. The number of carbonyl (C=O) groups is 3. The summed E-state index contributed by atoms with van der Waals surface area (Å²) in [4.78, 5) is 42.4. The number of likely N-dealkylation sites (tertiary alicyclic amines) is 1. The van der Waals surface area contributed by atoms with Crippen molar-refractivity contribution >= 4 is 17.7 Å². The number of benzene rings is 1. The van der Waals surface area contributed by atoms with Crippen LogP contribution in [0.25, 0.3) is 0 Å². The van der Waals surface area contributed by atoms with Crippen LogP contribution in [0, 0.1) is 5.92 Å². The lowest BCUT2D eigenvalue weighted by atomic mass is 9.91. The van der Waals surface area contributed by atoms with E-state index < -0.39 is 29.9 Å². The first-order valence-electron chi connectivity index (χ1n) is 7.11. The van der Waals surface area contributed by atoms with Crippen LogP contribution >= 0.6 is 0 Å². The Morgan fingerprint density at radius 2 is 1.91 bits per heavy atom. The zero-order valence-corrected chi connectivity index (χ0v) is 12.8. The fraction of sp³-hybridized carbons (Fsp3) is 0.400. The molecular formula is C15H17N3O5. The lowest BCUT2D eigenvalue weighted by molar-refractivity contribution is -0.181. The van der Waals surface area contributed by atoms with Gasteiger partial charge in [0.05, 0.1) is 19.1 Å². The first kappa shape index (κ1) is 15.4. The van der Waals surface area contributed by atoms with Crippen LogP contribution < -0.4 is 10.5 Å². The molecule has 2 N–H and O–H groups in total. The highest BCUT2D eigenvalue weighted by atomic mass is 16.7. The summed E-state index contributed by atoms with van der Waals surface area (Å²) in [5.41, 5.74) is 5.99. The van der Waals surface area contributed by atoms with Gasteiger partial charge in [0.2, 0.25) is 11.8 Å². The van der Waals surface area contributed by atoms with Crippen LogP contribution in [0.5, 0.6) is 5.75 Å². The summed E-state index contributed by atoms with van der Waals surface area (Å²) in [6.45, 7) is -0.200. The van der Waals surface area contributed by atoms with E-state index in [1.807, 2.05) is 0 Å². The van der Waals surface area contributed by atoms with Gasteiger partial charge in [0.25, 0.3) is 5.91 Å². The second-order valence-corrected chi connectivity index (χ2v) is 5.55. The number of hydrogen-bond donors (Lipinski definition) is 1. The first-order valence-corrected chi connectivity index (χ1v) is 7.11. The Balaban J connectivity index is 1.98. The molecule has 3 atom stereocenters. The number of methoxy groups -OCH3 is 1. The van der Waals surface area contributed by atoms with Crippen LogP contribution in [-0.4, -0.2) is 54.5 Å². The van der Waals surface area contributed by atoms with E-state index in [1.165, 1.54) is 12.1 Å². The zero-order chi connectivity index (χ0) is 16.7. The van der Waals surface area contributed by atoms with E-state index in [0.29, 0.717) is 5.75 Å². The lowest BCUT2D eigenvalue weighted by Gasteiger charge is -2.25. The fourth-order valence-corrected chi connectivity index (χ4v) is 3.07. The second-order valence-electron chi connectivity index (χ2n) is 5.55. The van der Waals surface area contributed by atoms with Gasteiger partial charge in [-0.3, -0.25) is 24.1 Å². The molecule has 2 aliphatic heterocycles. The Morgan fingerprint density at radius 3 is 2.48 bits per heavy atom. The van der Waals surface area contributed by atoms with Crippen molar-refractivity contribution in [3.05, 3.63) is 29.8 Å². The molecule has 8 nitrogen and oxygen atoms in total. The number of amides is 3. The van der Waals surface area contributed by atoms with Crippen LogP contribution in [-0.2, 0) is 19.2 Å². The Morgan fingerprint density at radius 1 is 1.26 bits per heavy atom. The standard InChI is InChI=1S/C15H17N3O5/c1-17-14(20)11-12(8-3-5-9(22-2)6-4-8)18(7-10(16)19)23-13(11)15(17)21/h3-6,11-13H,7H2,1-2H3,(H2,16,19). The van der Waals surface area contributed by atoms with Crippen molar-refractivity contribution in [1.29, 1.82) is 0 Å². The van der Waals surface area contributed by atoms with Crippen molar-refractivity contribution in [2.24, 2.45) is 11.7 Å². The monoisotopic (exact) mass is 319 g/mol. The summed E-state index contributed by atoms with van der Waals surface area (Å²) in [6.07, 6.45) is -0.918. The van der Waals surface area contributed by atoms with E-state index in [-0.39, 0.29) is 12.5 Å². The third kappa shape index (κ3) is 2.45. The number of primary amides is 1. The number of nitrogens with two attached hydrogens (primary N) is 1. The maximum atomic E-state index is 12.4. The van der Waals surface area contributed by atoms with Crippen molar-refractivity contribution < 1.29 is 24.0 Å². The van der Waals surface area contributed by atoms with Crippen LogP contribution in [0.2, 0.25) is 0 Å². The normalized spacial score (nSPS) is 27.4. The molecule has 3 rings (SSSR count). The van der Waals surface area contributed by atoms with Crippen molar-refractivity contribution in [2.45, 2.75) is 12.1 Å². The van der Waals surface area contributed by atoms with Gasteiger partial charge in [-0.05, 0) is 17.7 Å². The van der Waals surface area contributed by atoms with E-state index in [9.17, 15) is 14.4 Å². The van der Waals surface area contributed by atoms with E-state index in [1.54, 1.807) is 31.4 Å². The first-order chi connectivity index (χ1) is 10.9. The van der Waals surface area contributed by atoms with Gasteiger partial charge in [-0.2, -0.15) is 5.06 Å². The van der Waals surface area contributed by atoms with E-state index in [2.05, 4.69) is 0 Å². The maximum Gasteiger partial charge on any atom is 0.261 e. The predicted octanol–water partition coefficient (Wildman–Crippen LogP) is -0.548. The lowest BCUT2D eigenvalue weighted by Crippen LogP contribution is -2.38. The third-order valence-electron chi connectivity index (χ3n) is 4.18. The molecule has 0 radical (unpaired) electrons. The molecular weight excluding hydrogens is 302 g/mol. The van der Waals surface area contributed by atoms with Crippen LogP contribution in [0.4, 0.5) is 0 Å². The number of carbonyl (C=O) groups excluding carboxylic acids is 3. The van der Waals surface area contributed by atoms with Crippen molar-refractivity contribution in [3.8, 4) is 5.75 Å². The highest BCUT2D eigenvalue weighted by Crippen LogP contribution is 2.44. The molecule has 2 aliphatic rings. The number of hydroxylamine groups is 2. The minimum absolute atomic E-state index is 0.200. The summed E-state index contributed by atoms with van der Waals surface area (Å²) in [5, 5.41) is 1.32. The average Bonchev–Trinajstić information content (AvgIpc) is 2.99. The van der Waals surface area contributed by atoms with Crippen LogP contribution in [0.1, 0.15) is 11.6 Å². The number of hydrogen-bond acceptors (Lipinski definition) is 6.